The molecular formula is C13H16F3NO3. The molecule has 1 fully saturated rings. The molecule has 0 saturated carbocycles. The molecule has 3 N–H and O–H groups in total. The number of benzene rings is 1. The topological polar surface area (TPSA) is 69.6 Å². The highest BCUT2D eigenvalue weighted by atomic mass is 19.4. The number of carbonyl (C=O) groups is 1. The van der Waals surface area contributed by atoms with Gasteiger partial charge in [-0.25, -0.2) is 4.79 Å². The van der Waals surface area contributed by atoms with Crippen molar-refractivity contribution in [3.63, 3.8) is 0 Å². The Morgan fingerprint density at radius 1 is 1.30 bits per heavy atom. The van der Waals surface area contributed by atoms with Gasteiger partial charge in [-0.15, -0.1) is 0 Å². The van der Waals surface area contributed by atoms with Crippen LogP contribution >= 0.6 is 0 Å². The molecule has 1 aliphatic rings. The zero-order valence-electron chi connectivity index (χ0n) is 10.6. The van der Waals surface area contributed by atoms with E-state index in [2.05, 4.69) is 5.32 Å². The highest BCUT2D eigenvalue weighted by Gasteiger charge is 2.38. The molecule has 2 atom stereocenters. The third-order valence-corrected chi connectivity index (χ3v) is 2.86. The summed E-state index contributed by atoms with van der Waals surface area (Å²) in [4.78, 5) is 8.90. The lowest BCUT2D eigenvalue weighted by atomic mass is 10.0. The Kier molecular flexibility index (Phi) is 5.97. The van der Waals surface area contributed by atoms with Crippen LogP contribution in [0.2, 0.25) is 0 Å². The number of alkyl halides is 3. The van der Waals surface area contributed by atoms with Gasteiger partial charge in [0.15, 0.2) is 0 Å². The molecule has 2 rings (SSSR count). The largest absolute Gasteiger partial charge is 0.490 e. The smallest absolute Gasteiger partial charge is 0.475 e. The van der Waals surface area contributed by atoms with Gasteiger partial charge in [-0.3, -0.25) is 0 Å². The SMILES string of the molecule is O=C(O)C(F)(F)F.OC(c1ccccc1)C1CCCN1. The number of carboxylic acid groups (broad SMARTS) is 1. The highest BCUT2D eigenvalue weighted by Crippen LogP contribution is 2.22. The number of aliphatic carboxylic acids is 1. The van der Waals surface area contributed by atoms with Crippen LogP contribution in [0.3, 0.4) is 0 Å². The van der Waals surface area contributed by atoms with Gasteiger partial charge < -0.3 is 15.5 Å². The second kappa shape index (κ2) is 7.25. The van der Waals surface area contributed by atoms with E-state index < -0.39 is 12.1 Å². The number of aliphatic hydroxyl groups is 1. The summed E-state index contributed by atoms with van der Waals surface area (Å²) >= 11 is 0. The van der Waals surface area contributed by atoms with Crippen LogP contribution < -0.4 is 5.32 Å². The Morgan fingerprint density at radius 3 is 2.25 bits per heavy atom. The molecule has 1 saturated heterocycles. The van der Waals surface area contributed by atoms with Crippen LogP contribution in [-0.2, 0) is 4.79 Å². The van der Waals surface area contributed by atoms with Crippen molar-refractivity contribution in [3.05, 3.63) is 35.9 Å². The van der Waals surface area contributed by atoms with Crippen molar-refractivity contribution in [2.24, 2.45) is 0 Å². The molecule has 2 unspecified atom stereocenters. The maximum Gasteiger partial charge on any atom is 0.490 e. The number of halogens is 3. The van der Waals surface area contributed by atoms with E-state index in [4.69, 9.17) is 9.90 Å². The summed E-state index contributed by atoms with van der Waals surface area (Å²) in [5, 5.41) is 20.4. The predicted molar refractivity (Wildman–Crippen MR) is 66.1 cm³/mol. The lowest BCUT2D eigenvalue weighted by Crippen LogP contribution is -2.28. The standard InChI is InChI=1S/C11H15NO.C2HF3O2/c13-11(10-7-4-8-12-10)9-5-2-1-3-6-9;3-2(4,5)1(6)7/h1-3,5-6,10-13H,4,7-8H2;(H,6,7). The maximum atomic E-state index is 10.6. The molecule has 0 spiro atoms. The fourth-order valence-corrected chi connectivity index (χ4v) is 1.86. The summed E-state index contributed by atoms with van der Waals surface area (Å²) in [6.07, 6.45) is -3.17. The van der Waals surface area contributed by atoms with Crippen LogP contribution in [0.5, 0.6) is 0 Å². The minimum absolute atomic E-state index is 0.252. The number of nitrogens with one attached hydrogen (secondary N) is 1. The van der Waals surface area contributed by atoms with Crippen molar-refractivity contribution in [1.29, 1.82) is 0 Å². The van der Waals surface area contributed by atoms with E-state index in [1.54, 1.807) is 0 Å². The summed E-state index contributed by atoms with van der Waals surface area (Å²) in [6, 6.07) is 10.1. The van der Waals surface area contributed by atoms with E-state index in [0.29, 0.717) is 0 Å². The first-order valence-corrected chi connectivity index (χ1v) is 6.09. The van der Waals surface area contributed by atoms with Crippen LogP contribution in [0.1, 0.15) is 24.5 Å². The molecule has 4 nitrogen and oxygen atoms in total. The Morgan fingerprint density at radius 2 is 1.85 bits per heavy atom. The quantitative estimate of drug-likeness (QED) is 0.780. The fraction of sp³-hybridized carbons (Fsp3) is 0.462. The molecule has 20 heavy (non-hydrogen) atoms. The maximum absolute atomic E-state index is 10.6. The number of carboxylic acids is 1. The Hall–Kier alpha value is -1.60. The summed E-state index contributed by atoms with van der Waals surface area (Å²) in [7, 11) is 0. The Bertz CT molecular complexity index is 417. The van der Waals surface area contributed by atoms with Crippen LogP contribution in [0.15, 0.2) is 30.3 Å². The monoisotopic (exact) mass is 291 g/mol. The van der Waals surface area contributed by atoms with Gasteiger partial charge in [-0.2, -0.15) is 13.2 Å². The molecule has 112 valence electrons. The van der Waals surface area contributed by atoms with Gasteiger partial charge in [-0.1, -0.05) is 30.3 Å². The average Bonchev–Trinajstić information content (AvgIpc) is 2.92. The van der Waals surface area contributed by atoms with Crippen molar-refractivity contribution in [3.8, 4) is 0 Å². The van der Waals surface area contributed by atoms with Crippen molar-refractivity contribution >= 4 is 5.97 Å². The Balaban J connectivity index is 0.000000246. The van der Waals surface area contributed by atoms with E-state index >= 15 is 0 Å². The van der Waals surface area contributed by atoms with Crippen molar-refractivity contribution in [2.45, 2.75) is 31.2 Å². The molecular weight excluding hydrogens is 275 g/mol. The lowest BCUT2D eigenvalue weighted by molar-refractivity contribution is -0.192. The van der Waals surface area contributed by atoms with Crippen LogP contribution in [-0.4, -0.2) is 34.9 Å². The first kappa shape index (κ1) is 16.5. The second-order valence-corrected chi connectivity index (χ2v) is 4.36. The van der Waals surface area contributed by atoms with Gasteiger partial charge in [0.05, 0.1) is 6.10 Å². The number of rotatable bonds is 2. The molecule has 1 aromatic rings. The first-order chi connectivity index (χ1) is 9.32. The second-order valence-electron chi connectivity index (χ2n) is 4.36. The van der Waals surface area contributed by atoms with E-state index in [1.807, 2.05) is 30.3 Å². The fourth-order valence-electron chi connectivity index (χ4n) is 1.86. The first-order valence-electron chi connectivity index (χ1n) is 6.09. The van der Waals surface area contributed by atoms with E-state index in [0.717, 1.165) is 18.5 Å². The zero-order chi connectivity index (χ0) is 15.2. The Labute approximate surface area is 114 Å². The minimum Gasteiger partial charge on any atom is -0.475 e. The molecule has 7 heteroatoms. The summed E-state index contributed by atoms with van der Waals surface area (Å²) in [5.74, 6) is -2.76. The van der Waals surface area contributed by atoms with Crippen LogP contribution in [0.25, 0.3) is 0 Å². The summed E-state index contributed by atoms with van der Waals surface area (Å²) in [5.41, 5.74) is 1.02. The summed E-state index contributed by atoms with van der Waals surface area (Å²) < 4.78 is 31.7. The van der Waals surface area contributed by atoms with Crippen molar-refractivity contribution in [2.75, 3.05) is 6.54 Å². The molecule has 0 bridgehead atoms. The number of aliphatic hydroxyl groups excluding tert-OH is 1. The minimum atomic E-state index is -5.08. The van der Waals surface area contributed by atoms with Gasteiger partial charge >= 0.3 is 12.1 Å². The van der Waals surface area contributed by atoms with E-state index in [1.165, 1.54) is 6.42 Å². The molecule has 0 aromatic heterocycles. The number of hydrogen-bond donors (Lipinski definition) is 3. The van der Waals surface area contributed by atoms with Gasteiger partial charge in [0, 0.05) is 6.04 Å². The molecule has 1 aliphatic heterocycles. The van der Waals surface area contributed by atoms with Gasteiger partial charge in [0.2, 0.25) is 0 Å². The van der Waals surface area contributed by atoms with Gasteiger partial charge in [0.1, 0.15) is 0 Å². The van der Waals surface area contributed by atoms with Crippen molar-refractivity contribution in [1.82, 2.24) is 5.32 Å². The number of hydrogen-bond acceptors (Lipinski definition) is 3. The van der Waals surface area contributed by atoms with Crippen molar-refractivity contribution < 1.29 is 28.2 Å². The molecule has 1 heterocycles. The highest BCUT2D eigenvalue weighted by molar-refractivity contribution is 5.73. The average molecular weight is 291 g/mol. The van der Waals surface area contributed by atoms with Crippen LogP contribution in [0, 0.1) is 0 Å². The van der Waals surface area contributed by atoms with E-state index in [9.17, 15) is 18.3 Å². The zero-order valence-corrected chi connectivity index (χ0v) is 10.6. The normalized spacial score (nSPS) is 19.9. The molecule has 0 radical (unpaired) electrons. The van der Waals surface area contributed by atoms with Gasteiger partial charge in [0.25, 0.3) is 0 Å². The third kappa shape index (κ3) is 5.18. The lowest BCUT2D eigenvalue weighted by Gasteiger charge is -2.18. The summed E-state index contributed by atoms with van der Waals surface area (Å²) in [6.45, 7) is 1.04. The third-order valence-electron chi connectivity index (χ3n) is 2.86. The van der Waals surface area contributed by atoms with Crippen LogP contribution in [0.4, 0.5) is 13.2 Å². The van der Waals surface area contributed by atoms with Gasteiger partial charge in [-0.05, 0) is 24.9 Å². The molecule has 1 aromatic carbocycles. The molecule has 0 amide bonds. The molecule has 0 aliphatic carbocycles. The van der Waals surface area contributed by atoms with E-state index in [-0.39, 0.29) is 12.1 Å². The predicted octanol–water partition coefficient (Wildman–Crippen LogP) is 2.11.